The first-order valence-electron chi connectivity index (χ1n) is 7.63. The lowest BCUT2D eigenvalue weighted by Gasteiger charge is -2.28. The summed E-state index contributed by atoms with van der Waals surface area (Å²) in [5.41, 5.74) is 0. The molecule has 1 aromatic carbocycles. The van der Waals surface area contributed by atoms with Gasteiger partial charge in [0.15, 0.2) is 0 Å². The molecule has 1 aliphatic heterocycles. The molecule has 4 heteroatoms. The molecule has 1 aromatic rings. The maximum atomic E-state index is 9.43. The Morgan fingerprint density at radius 1 is 1.25 bits per heavy atom. The number of ether oxygens (including phenoxy) is 1. The molecule has 0 aromatic heterocycles. The van der Waals surface area contributed by atoms with Crippen molar-refractivity contribution in [3.63, 3.8) is 0 Å². The number of hydrogen-bond acceptors (Lipinski definition) is 4. The Labute approximate surface area is 121 Å². The number of rotatable bonds is 7. The molecule has 2 N–H and O–H groups in total. The Morgan fingerprint density at radius 3 is 2.90 bits per heavy atom. The van der Waals surface area contributed by atoms with Crippen LogP contribution < -0.4 is 10.1 Å². The number of nitrogens with zero attached hydrogens (tertiary/aromatic N) is 1. The van der Waals surface area contributed by atoms with Gasteiger partial charge in [-0.05, 0) is 51.0 Å². The van der Waals surface area contributed by atoms with E-state index in [2.05, 4.69) is 10.2 Å². The molecule has 0 radical (unpaired) electrons. The molecule has 0 amide bonds. The van der Waals surface area contributed by atoms with Crippen LogP contribution in [0, 0.1) is 0 Å². The SMILES string of the molecule is OCC1CNCCCN1CCCCOc1ccccc1. The van der Waals surface area contributed by atoms with E-state index in [4.69, 9.17) is 4.74 Å². The highest BCUT2D eigenvalue weighted by molar-refractivity contribution is 5.20. The molecule has 4 nitrogen and oxygen atoms in total. The van der Waals surface area contributed by atoms with Gasteiger partial charge in [0.2, 0.25) is 0 Å². The van der Waals surface area contributed by atoms with E-state index >= 15 is 0 Å². The fourth-order valence-corrected chi connectivity index (χ4v) is 2.59. The van der Waals surface area contributed by atoms with Gasteiger partial charge in [0, 0.05) is 12.6 Å². The third-order valence-electron chi connectivity index (χ3n) is 3.76. The molecule has 1 saturated heterocycles. The zero-order valence-electron chi connectivity index (χ0n) is 12.1. The van der Waals surface area contributed by atoms with Crippen LogP contribution in [0.15, 0.2) is 30.3 Å². The van der Waals surface area contributed by atoms with Gasteiger partial charge in [0.05, 0.1) is 13.2 Å². The smallest absolute Gasteiger partial charge is 0.119 e. The third kappa shape index (κ3) is 5.12. The lowest BCUT2D eigenvalue weighted by atomic mass is 10.2. The molecule has 20 heavy (non-hydrogen) atoms. The van der Waals surface area contributed by atoms with Crippen LogP contribution in [0.1, 0.15) is 19.3 Å². The third-order valence-corrected chi connectivity index (χ3v) is 3.76. The summed E-state index contributed by atoms with van der Waals surface area (Å²) < 4.78 is 5.69. The summed E-state index contributed by atoms with van der Waals surface area (Å²) in [6.45, 7) is 5.09. The molecular formula is C16H26N2O2. The second-order valence-electron chi connectivity index (χ2n) is 5.30. The van der Waals surface area contributed by atoms with Gasteiger partial charge in [-0.3, -0.25) is 4.90 Å². The van der Waals surface area contributed by atoms with E-state index in [1.807, 2.05) is 30.3 Å². The van der Waals surface area contributed by atoms with Gasteiger partial charge in [-0.15, -0.1) is 0 Å². The molecule has 112 valence electrons. The van der Waals surface area contributed by atoms with E-state index < -0.39 is 0 Å². The van der Waals surface area contributed by atoms with Crippen LogP contribution in [0.2, 0.25) is 0 Å². The van der Waals surface area contributed by atoms with Gasteiger partial charge in [-0.25, -0.2) is 0 Å². The fourth-order valence-electron chi connectivity index (χ4n) is 2.59. The van der Waals surface area contributed by atoms with Crippen molar-refractivity contribution < 1.29 is 9.84 Å². The van der Waals surface area contributed by atoms with Crippen LogP contribution in [0.5, 0.6) is 5.75 Å². The molecule has 0 bridgehead atoms. The van der Waals surface area contributed by atoms with Gasteiger partial charge >= 0.3 is 0 Å². The number of unbranched alkanes of at least 4 members (excludes halogenated alkanes) is 1. The van der Waals surface area contributed by atoms with Crippen LogP contribution >= 0.6 is 0 Å². The molecule has 0 spiro atoms. The number of aliphatic hydroxyl groups excluding tert-OH is 1. The van der Waals surface area contributed by atoms with Gasteiger partial charge in [0.25, 0.3) is 0 Å². The zero-order chi connectivity index (χ0) is 14.0. The summed E-state index contributed by atoms with van der Waals surface area (Å²) in [5, 5.41) is 12.8. The number of benzene rings is 1. The maximum absolute atomic E-state index is 9.43. The summed E-state index contributed by atoms with van der Waals surface area (Å²) in [7, 11) is 0. The highest BCUT2D eigenvalue weighted by Gasteiger charge is 2.19. The highest BCUT2D eigenvalue weighted by atomic mass is 16.5. The Balaban J connectivity index is 1.62. The lowest BCUT2D eigenvalue weighted by molar-refractivity contribution is 0.128. The van der Waals surface area contributed by atoms with E-state index in [1.165, 1.54) is 0 Å². The molecule has 1 unspecified atom stereocenters. The normalized spacial score (nSPS) is 20.6. The first-order valence-corrected chi connectivity index (χ1v) is 7.63. The summed E-state index contributed by atoms with van der Waals surface area (Å²) in [6, 6.07) is 10.2. The minimum atomic E-state index is 0.244. The Bertz CT molecular complexity index is 359. The lowest BCUT2D eigenvalue weighted by Crippen LogP contribution is -2.42. The first kappa shape index (κ1) is 15.3. The van der Waals surface area contributed by atoms with Crippen LogP contribution in [0.3, 0.4) is 0 Å². The molecular weight excluding hydrogens is 252 g/mol. The standard InChI is InChI=1S/C16H26N2O2/c19-14-15-13-17-9-6-11-18(15)10-4-5-12-20-16-7-2-1-3-8-16/h1-3,7-8,15,17,19H,4-6,9-14H2. The van der Waals surface area contributed by atoms with Crippen molar-refractivity contribution in [3.05, 3.63) is 30.3 Å². The molecule has 1 aliphatic rings. The van der Waals surface area contributed by atoms with Crippen molar-refractivity contribution in [2.45, 2.75) is 25.3 Å². The predicted octanol–water partition coefficient (Wildman–Crippen LogP) is 1.50. The number of nitrogens with one attached hydrogen (secondary N) is 1. The summed E-state index contributed by atoms with van der Waals surface area (Å²) >= 11 is 0. The van der Waals surface area contributed by atoms with Crippen LogP contribution in [-0.2, 0) is 0 Å². The zero-order valence-corrected chi connectivity index (χ0v) is 12.1. The van der Waals surface area contributed by atoms with Crippen molar-refractivity contribution in [1.29, 1.82) is 0 Å². The second kappa shape index (κ2) is 8.95. The Hall–Kier alpha value is -1.10. The molecule has 0 aliphatic carbocycles. The van der Waals surface area contributed by atoms with Crippen molar-refractivity contribution in [1.82, 2.24) is 10.2 Å². The molecule has 1 fully saturated rings. The molecule has 0 saturated carbocycles. The summed E-state index contributed by atoms with van der Waals surface area (Å²) in [6.07, 6.45) is 3.33. The molecule has 1 heterocycles. The number of hydrogen-bond donors (Lipinski definition) is 2. The molecule has 1 atom stereocenters. The topological polar surface area (TPSA) is 44.7 Å². The van der Waals surface area contributed by atoms with Gasteiger partial charge in [0.1, 0.15) is 5.75 Å². The van der Waals surface area contributed by atoms with Crippen molar-refractivity contribution in [2.75, 3.05) is 39.4 Å². The average Bonchev–Trinajstić information content (AvgIpc) is 2.73. The quantitative estimate of drug-likeness (QED) is 0.742. The van der Waals surface area contributed by atoms with E-state index in [-0.39, 0.29) is 12.6 Å². The minimum absolute atomic E-state index is 0.244. The monoisotopic (exact) mass is 278 g/mol. The van der Waals surface area contributed by atoms with E-state index in [1.54, 1.807) is 0 Å². The highest BCUT2D eigenvalue weighted by Crippen LogP contribution is 2.10. The van der Waals surface area contributed by atoms with Crippen molar-refractivity contribution >= 4 is 0 Å². The fraction of sp³-hybridized carbons (Fsp3) is 0.625. The van der Waals surface area contributed by atoms with Crippen molar-refractivity contribution in [3.8, 4) is 5.75 Å². The molecule has 2 rings (SSSR count). The van der Waals surface area contributed by atoms with E-state index in [9.17, 15) is 5.11 Å². The predicted molar refractivity (Wildman–Crippen MR) is 81.1 cm³/mol. The summed E-state index contributed by atoms with van der Waals surface area (Å²) in [5.74, 6) is 0.944. The van der Waals surface area contributed by atoms with Crippen LogP contribution in [0.4, 0.5) is 0 Å². The number of para-hydroxylation sites is 1. The second-order valence-corrected chi connectivity index (χ2v) is 5.30. The average molecular weight is 278 g/mol. The Morgan fingerprint density at radius 2 is 2.10 bits per heavy atom. The first-order chi connectivity index (χ1) is 9.90. The van der Waals surface area contributed by atoms with Gasteiger partial charge < -0.3 is 15.2 Å². The number of aliphatic hydroxyl groups is 1. The Kier molecular flexibility index (Phi) is 6.84. The summed E-state index contributed by atoms with van der Waals surface area (Å²) in [4.78, 5) is 2.41. The largest absolute Gasteiger partial charge is 0.494 e. The van der Waals surface area contributed by atoms with E-state index in [0.29, 0.717) is 0 Å². The van der Waals surface area contributed by atoms with Crippen LogP contribution in [-0.4, -0.2) is 55.4 Å². The maximum Gasteiger partial charge on any atom is 0.119 e. The van der Waals surface area contributed by atoms with Gasteiger partial charge in [-0.1, -0.05) is 18.2 Å². The minimum Gasteiger partial charge on any atom is -0.494 e. The van der Waals surface area contributed by atoms with Crippen LogP contribution in [0.25, 0.3) is 0 Å². The van der Waals surface area contributed by atoms with E-state index in [0.717, 1.165) is 57.8 Å². The van der Waals surface area contributed by atoms with Crippen molar-refractivity contribution in [2.24, 2.45) is 0 Å². The van der Waals surface area contributed by atoms with Gasteiger partial charge in [-0.2, -0.15) is 0 Å².